The molecule has 0 bridgehead atoms. The monoisotopic (exact) mass is 521 g/mol. The number of thioether (sulfide) groups is 1. The predicted octanol–water partition coefficient (Wildman–Crippen LogP) is 5.75. The third-order valence-electron chi connectivity index (χ3n) is 4.53. The van der Waals surface area contributed by atoms with Crippen molar-refractivity contribution in [1.82, 2.24) is 4.90 Å². The summed E-state index contributed by atoms with van der Waals surface area (Å²) in [5, 5.41) is 0. The van der Waals surface area contributed by atoms with Crippen LogP contribution in [-0.4, -0.2) is 42.0 Å². The van der Waals surface area contributed by atoms with Crippen molar-refractivity contribution in [2.45, 2.75) is 20.8 Å². The first kappa shape index (κ1) is 23.6. The molecule has 0 aliphatic carbocycles. The molecule has 2 aromatic carbocycles. The van der Waals surface area contributed by atoms with Gasteiger partial charge < -0.3 is 14.2 Å². The Morgan fingerprint density at radius 1 is 1.10 bits per heavy atom. The summed E-state index contributed by atoms with van der Waals surface area (Å²) in [5.74, 6) is 1.95. The first-order chi connectivity index (χ1) is 14.8. The highest BCUT2D eigenvalue weighted by Crippen LogP contribution is 2.39. The Morgan fingerprint density at radius 2 is 1.84 bits per heavy atom. The first-order valence-corrected chi connectivity index (χ1v) is 11.8. The van der Waals surface area contributed by atoms with Crippen LogP contribution >= 0.6 is 39.9 Å². The van der Waals surface area contributed by atoms with Gasteiger partial charge in [-0.05, 0) is 72.1 Å². The van der Waals surface area contributed by atoms with Crippen molar-refractivity contribution >= 4 is 56.2 Å². The van der Waals surface area contributed by atoms with Gasteiger partial charge in [-0.3, -0.25) is 9.69 Å². The van der Waals surface area contributed by atoms with E-state index in [0.717, 1.165) is 21.3 Å². The van der Waals surface area contributed by atoms with Crippen LogP contribution in [0.1, 0.15) is 23.6 Å². The van der Waals surface area contributed by atoms with Crippen molar-refractivity contribution in [3.8, 4) is 17.2 Å². The Bertz CT molecular complexity index is 1040. The average Bonchev–Trinajstić information content (AvgIpc) is 2.95. The summed E-state index contributed by atoms with van der Waals surface area (Å²) in [6.45, 7) is 7.25. The normalized spacial score (nSPS) is 15.0. The Labute approximate surface area is 200 Å². The number of likely N-dealkylation sites (N-methyl/N-ethyl adjacent to an activating group) is 1. The van der Waals surface area contributed by atoms with Crippen molar-refractivity contribution in [3.05, 3.63) is 56.4 Å². The molecule has 0 spiro atoms. The van der Waals surface area contributed by atoms with E-state index >= 15 is 0 Å². The van der Waals surface area contributed by atoms with Crippen LogP contribution in [0.3, 0.4) is 0 Å². The molecule has 0 atom stereocenters. The van der Waals surface area contributed by atoms with Gasteiger partial charge in [-0.25, -0.2) is 0 Å². The maximum absolute atomic E-state index is 12.3. The SMILES string of the molecule is CCOc1cc(C=C2SC(=S)N(C)C2=O)cc(Br)c1OCCOc1ccc(C)cc1C. The van der Waals surface area contributed by atoms with Crippen molar-refractivity contribution in [3.63, 3.8) is 0 Å². The zero-order valence-electron chi connectivity index (χ0n) is 17.9. The van der Waals surface area contributed by atoms with E-state index in [1.807, 2.05) is 44.2 Å². The van der Waals surface area contributed by atoms with Crippen LogP contribution in [-0.2, 0) is 4.79 Å². The number of carbonyl (C=O) groups excluding carboxylic acids is 1. The fourth-order valence-corrected chi connectivity index (χ4v) is 4.78. The molecule has 0 aromatic heterocycles. The second-order valence-electron chi connectivity index (χ2n) is 6.97. The summed E-state index contributed by atoms with van der Waals surface area (Å²) >= 11 is 10.1. The summed E-state index contributed by atoms with van der Waals surface area (Å²) in [6, 6.07) is 9.84. The zero-order valence-corrected chi connectivity index (χ0v) is 21.1. The highest BCUT2D eigenvalue weighted by molar-refractivity contribution is 9.10. The largest absolute Gasteiger partial charge is 0.490 e. The minimum atomic E-state index is -0.104. The number of nitrogens with zero attached hydrogens (tertiary/aromatic N) is 1. The number of hydrogen-bond donors (Lipinski definition) is 0. The molecule has 0 radical (unpaired) electrons. The lowest BCUT2D eigenvalue weighted by molar-refractivity contribution is -0.121. The highest BCUT2D eigenvalue weighted by Gasteiger charge is 2.28. The second-order valence-corrected chi connectivity index (χ2v) is 9.50. The van der Waals surface area contributed by atoms with E-state index in [1.165, 1.54) is 22.2 Å². The molecule has 2 aromatic rings. The van der Waals surface area contributed by atoms with Crippen LogP contribution in [0.4, 0.5) is 0 Å². The summed E-state index contributed by atoms with van der Waals surface area (Å²) in [5.41, 5.74) is 3.12. The molecule has 31 heavy (non-hydrogen) atoms. The van der Waals surface area contributed by atoms with E-state index in [9.17, 15) is 4.79 Å². The number of halogens is 1. The fraction of sp³-hybridized carbons (Fsp3) is 0.304. The van der Waals surface area contributed by atoms with Crippen LogP contribution in [0.15, 0.2) is 39.7 Å². The van der Waals surface area contributed by atoms with Gasteiger partial charge in [0.1, 0.15) is 23.3 Å². The molecule has 5 nitrogen and oxygen atoms in total. The quantitative estimate of drug-likeness (QED) is 0.250. The van der Waals surface area contributed by atoms with E-state index in [-0.39, 0.29) is 5.91 Å². The number of hydrogen-bond acceptors (Lipinski definition) is 6. The van der Waals surface area contributed by atoms with Crippen molar-refractivity contribution in [1.29, 1.82) is 0 Å². The van der Waals surface area contributed by atoms with E-state index < -0.39 is 0 Å². The first-order valence-electron chi connectivity index (χ1n) is 9.81. The lowest BCUT2D eigenvalue weighted by Gasteiger charge is -2.15. The Balaban J connectivity index is 1.71. The number of amides is 1. The van der Waals surface area contributed by atoms with Crippen LogP contribution in [0.25, 0.3) is 6.08 Å². The Kier molecular flexibility index (Phi) is 8.02. The Hall–Kier alpha value is -2.03. The van der Waals surface area contributed by atoms with Crippen LogP contribution in [0.2, 0.25) is 0 Å². The van der Waals surface area contributed by atoms with Gasteiger partial charge in [-0.2, -0.15) is 0 Å². The van der Waals surface area contributed by atoms with Crippen molar-refractivity contribution < 1.29 is 19.0 Å². The molecule has 1 heterocycles. The summed E-state index contributed by atoms with van der Waals surface area (Å²) < 4.78 is 18.9. The summed E-state index contributed by atoms with van der Waals surface area (Å²) in [7, 11) is 1.68. The van der Waals surface area contributed by atoms with Gasteiger partial charge in [-0.15, -0.1) is 0 Å². The standard InChI is InChI=1S/C23H24BrNO4S2/c1-5-27-19-12-16(13-20-22(26)25(4)23(30)31-20)11-17(24)21(19)29-9-8-28-18-7-6-14(2)10-15(18)3/h6-7,10-13H,5,8-9H2,1-4H3. The molecular formula is C23H24BrNO4S2. The molecule has 0 unspecified atom stereocenters. The minimum absolute atomic E-state index is 0.104. The summed E-state index contributed by atoms with van der Waals surface area (Å²) in [6.07, 6.45) is 1.81. The maximum atomic E-state index is 12.3. The maximum Gasteiger partial charge on any atom is 0.265 e. The molecule has 8 heteroatoms. The molecule has 0 N–H and O–H groups in total. The van der Waals surface area contributed by atoms with Gasteiger partial charge in [0, 0.05) is 7.05 Å². The zero-order chi connectivity index (χ0) is 22.5. The number of rotatable bonds is 8. The Morgan fingerprint density at radius 3 is 2.48 bits per heavy atom. The topological polar surface area (TPSA) is 48.0 Å². The highest BCUT2D eigenvalue weighted by atomic mass is 79.9. The van der Waals surface area contributed by atoms with Crippen LogP contribution < -0.4 is 14.2 Å². The van der Waals surface area contributed by atoms with Crippen molar-refractivity contribution in [2.75, 3.05) is 26.9 Å². The molecule has 1 aliphatic rings. The number of ether oxygens (including phenoxy) is 3. The van der Waals surface area contributed by atoms with Gasteiger partial charge in [0.15, 0.2) is 11.5 Å². The second kappa shape index (κ2) is 10.5. The molecule has 1 saturated heterocycles. The van der Waals surface area contributed by atoms with Crippen molar-refractivity contribution in [2.24, 2.45) is 0 Å². The van der Waals surface area contributed by atoms with Gasteiger partial charge in [0.25, 0.3) is 5.91 Å². The van der Waals surface area contributed by atoms with Gasteiger partial charge >= 0.3 is 0 Å². The average molecular weight is 522 g/mol. The lowest BCUT2D eigenvalue weighted by atomic mass is 10.1. The summed E-state index contributed by atoms with van der Waals surface area (Å²) in [4.78, 5) is 14.3. The smallest absolute Gasteiger partial charge is 0.265 e. The number of benzene rings is 2. The number of thiocarbonyl (C=S) groups is 1. The van der Waals surface area contributed by atoms with Gasteiger partial charge in [0.2, 0.25) is 0 Å². The molecule has 3 rings (SSSR count). The number of carbonyl (C=O) groups is 1. The van der Waals surface area contributed by atoms with Gasteiger partial charge in [0.05, 0.1) is 16.0 Å². The van der Waals surface area contributed by atoms with E-state index in [2.05, 4.69) is 28.9 Å². The number of aryl methyl sites for hydroxylation is 2. The molecule has 1 aliphatic heterocycles. The fourth-order valence-electron chi connectivity index (χ4n) is 3.03. The van der Waals surface area contributed by atoms with Gasteiger partial charge in [-0.1, -0.05) is 41.7 Å². The van der Waals surface area contributed by atoms with Crippen LogP contribution in [0.5, 0.6) is 17.2 Å². The molecule has 1 fully saturated rings. The van der Waals surface area contributed by atoms with E-state index in [1.54, 1.807) is 7.05 Å². The molecule has 1 amide bonds. The predicted molar refractivity (Wildman–Crippen MR) is 133 cm³/mol. The van der Waals surface area contributed by atoms with E-state index in [4.69, 9.17) is 26.4 Å². The molecule has 164 valence electrons. The molecule has 0 saturated carbocycles. The van der Waals surface area contributed by atoms with Crippen LogP contribution in [0, 0.1) is 13.8 Å². The lowest BCUT2D eigenvalue weighted by Crippen LogP contribution is -2.22. The van der Waals surface area contributed by atoms with E-state index in [0.29, 0.717) is 40.5 Å². The molecular weight excluding hydrogens is 498 g/mol. The third kappa shape index (κ3) is 5.81. The third-order valence-corrected chi connectivity index (χ3v) is 6.61. The minimum Gasteiger partial charge on any atom is -0.490 e.